The van der Waals surface area contributed by atoms with Crippen LogP contribution in [-0.4, -0.2) is 35.3 Å². The molecule has 5 heteroatoms. The third kappa shape index (κ3) is 4.50. The Morgan fingerprint density at radius 1 is 1.35 bits per heavy atom. The van der Waals surface area contributed by atoms with Crippen LogP contribution >= 0.6 is 11.8 Å². The molecule has 0 saturated carbocycles. The summed E-state index contributed by atoms with van der Waals surface area (Å²) >= 11 is 1.74. The highest BCUT2D eigenvalue weighted by molar-refractivity contribution is 7.98. The first kappa shape index (κ1) is 17.9. The van der Waals surface area contributed by atoms with E-state index in [0.717, 1.165) is 17.9 Å². The average Bonchev–Trinajstić information content (AvgIpc) is 2.94. The minimum absolute atomic E-state index is 0.0886. The topological polar surface area (TPSA) is 46.6 Å². The van der Waals surface area contributed by atoms with Gasteiger partial charge in [-0.1, -0.05) is 51.1 Å². The van der Waals surface area contributed by atoms with E-state index in [1.165, 1.54) is 10.5 Å². The number of carbonyl (C=O) groups is 2. The van der Waals surface area contributed by atoms with Crippen LogP contribution in [0.1, 0.15) is 32.8 Å². The van der Waals surface area contributed by atoms with Gasteiger partial charge in [-0.05, 0) is 17.9 Å². The first-order chi connectivity index (χ1) is 11.0. The van der Waals surface area contributed by atoms with Crippen molar-refractivity contribution >= 4 is 23.8 Å². The van der Waals surface area contributed by atoms with Crippen LogP contribution < -0.4 is 0 Å². The molecule has 0 aromatic heterocycles. The minimum Gasteiger partial charge on any atom is -0.447 e. The van der Waals surface area contributed by atoms with Crippen LogP contribution in [0.4, 0.5) is 4.79 Å². The summed E-state index contributed by atoms with van der Waals surface area (Å²) < 4.78 is 5.09. The number of hydrogen-bond acceptors (Lipinski definition) is 4. The van der Waals surface area contributed by atoms with E-state index >= 15 is 0 Å². The molecule has 2 amide bonds. The molecule has 2 atom stereocenters. The van der Waals surface area contributed by atoms with Gasteiger partial charge in [-0.3, -0.25) is 4.79 Å². The van der Waals surface area contributed by atoms with E-state index in [9.17, 15) is 9.59 Å². The van der Waals surface area contributed by atoms with Crippen LogP contribution in [-0.2, 0) is 15.3 Å². The molecule has 126 valence electrons. The fraction of sp³-hybridized carbons (Fsp3) is 0.556. The van der Waals surface area contributed by atoms with Crippen molar-refractivity contribution in [2.75, 3.05) is 12.4 Å². The summed E-state index contributed by atoms with van der Waals surface area (Å²) in [6.07, 6.45) is 0.245. The number of carbonyl (C=O) groups excluding carboxylic acids is 2. The van der Waals surface area contributed by atoms with E-state index < -0.39 is 6.09 Å². The second kappa shape index (κ2) is 8.39. The lowest BCUT2D eigenvalue weighted by atomic mass is 10.0. The van der Waals surface area contributed by atoms with E-state index in [4.69, 9.17) is 4.74 Å². The van der Waals surface area contributed by atoms with Gasteiger partial charge in [0.05, 0.1) is 6.04 Å². The third-order valence-corrected chi connectivity index (χ3v) is 5.36. The van der Waals surface area contributed by atoms with Gasteiger partial charge >= 0.3 is 6.09 Å². The molecule has 0 aliphatic carbocycles. The zero-order valence-corrected chi connectivity index (χ0v) is 14.8. The largest absolute Gasteiger partial charge is 0.447 e. The fourth-order valence-electron chi connectivity index (χ4n) is 2.63. The Morgan fingerprint density at radius 2 is 2.04 bits per heavy atom. The summed E-state index contributed by atoms with van der Waals surface area (Å²) in [4.78, 5) is 26.0. The average molecular weight is 335 g/mol. The Kier molecular flexibility index (Phi) is 6.51. The van der Waals surface area contributed by atoms with E-state index in [0.29, 0.717) is 6.61 Å². The van der Waals surface area contributed by atoms with Crippen molar-refractivity contribution in [1.82, 2.24) is 4.90 Å². The number of thioether (sulfide) groups is 1. The Balaban J connectivity index is 1.94. The van der Waals surface area contributed by atoms with Gasteiger partial charge in [0.25, 0.3) is 0 Å². The number of ether oxygens (including phenoxy) is 1. The molecule has 1 aromatic carbocycles. The summed E-state index contributed by atoms with van der Waals surface area (Å²) in [5.74, 6) is 1.58. The van der Waals surface area contributed by atoms with Crippen molar-refractivity contribution in [3.63, 3.8) is 0 Å². The number of rotatable bonds is 7. The summed E-state index contributed by atoms with van der Waals surface area (Å²) in [7, 11) is 0. The van der Waals surface area contributed by atoms with Crippen LogP contribution in [0.3, 0.4) is 0 Å². The van der Waals surface area contributed by atoms with Crippen LogP contribution in [0.25, 0.3) is 0 Å². The maximum Gasteiger partial charge on any atom is 0.416 e. The molecule has 0 radical (unpaired) electrons. The second-order valence-electron chi connectivity index (χ2n) is 6.20. The SMILES string of the molecule is CC[C@H](CSCc1ccccc1)C(=O)N1C(=O)OCC1C(C)C. The summed E-state index contributed by atoms with van der Waals surface area (Å²) in [5, 5.41) is 0. The zero-order valence-electron chi connectivity index (χ0n) is 14.0. The summed E-state index contributed by atoms with van der Waals surface area (Å²) in [6.45, 7) is 6.34. The van der Waals surface area contributed by atoms with Crippen molar-refractivity contribution in [3.8, 4) is 0 Å². The lowest BCUT2D eigenvalue weighted by molar-refractivity contribution is -0.133. The highest BCUT2D eigenvalue weighted by atomic mass is 32.2. The monoisotopic (exact) mass is 335 g/mol. The van der Waals surface area contributed by atoms with Crippen LogP contribution in [0, 0.1) is 11.8 Å². The van der Waals surface area contributed by atoms with E-state index in [-0.39, 0.29) is 23.8 Å². The van der Waals surface area contributed by atoms with E-state index in [2.05, 4.69) is 12.1 Å². The van der Waals surface area contributed by atoms with E-state index in [1.807, 2.05) is 39.0 Å². The molecule has 4 nitrogen and oxygen atoms in total. The molecule has 1 saturated heterocycles. The van der Waals surface area contributed by atoms with Crippen LogP contribution in [0.5, 0.6) is 0 Å². The van der Waals surface area contributed by atoms with Gasteiger partial charge in [-0.15, -0.1) is 0 Å². The molecule has 1 heterocycles. The number of amides is 2. The van der Waals surface area contributed by atoms with Gasteiger partial charge in [0.15, 0.2) is 0 Å². The number of imide groups is 1. The van der Waals surface area contributed by atoms with Crippen LogP contribution in [0.15, 0.2) is 30.3 Å². The van der Waals surface area contributed by atoms with Crippen molar-refractivity contribution in [3.05, 3.63) is 35.9 Å². The molecular weight excluding hydrogens is 310 g/mol. The van der Waals surface area contributed by atoms with Gasteiger partial charge in [-0.25, -0.2) is 9.69 Å². The maximum atomic E-state index is 12.8. The van der Waals surface area contributed by atoms with E-state index in [1.54, 1.807) is 11.8 Å². The Bertz CT molecular complexity index is 532. The lowest BCUT2D eigenvalue weighted by Gasteiger charge is -2.26. The quantitative estimate of drug-likeness (QED) is 0.757. The lowest BCUT2D eigenvalue weighted by Crippen LogP contribution is -2.45. The smallest absolute Gasteiger partial charge is 0.416 e. The standard InChI is InChI=1S/C18H25NO3S/c1-4-15(12-23-11-14-8-6-5-7-9-14)17(20)19-16(13(2)3)10-22-18(19)21/h5-9,13,15-16H,4,10-12H2,1-3H3/t15-,16?/m1/s1. The zero-order chi connectivity index (χ0) is 16.8. The van der Waals surface area contributed by atoms with Crippen molar-refractivity contribution in [2.45, 2.75) is 39.0 Å². The number of hydrogen-bond donors (Lipinski definition) is 0. The molecule has 23 heavy (non-hydrogen) atoms. The predicted octanol–water partition coefficient (Wildman–Crippen LogP) is 3.95. The number of benzene rings is 1. The normalized spacial score (nSPS) is 19.0. The Hall–Kier alpha value is -1.49. The third-order valence-electron chi connectivity index (χ3n) is 4.19. The molecular formula is C18H25NO3S. The van der Waals surface area contributed by atoms with Gasteiger partial charge in [0.2, 0.25) is 5.91 Å². The van der Waals surface area contributed by atoms with Gasteiger partial charge < -0.3 is 4.74 Å². The molecule has 2 rings (SSSR count). The fourth-order valence-corrected chi connectivity index (χ4v) is 3.84. The van der Waals surface area contributed by atoms with Crippen molar-refractivity contribution in [2.24, 2.45) is 11.8 Å². The molecule has 1 unspecified atom stereocenters. The minimum atomic E-state index is -0.486. The number of nitrogens with zero attached hydrogens (tertiary/aromatic N) is 1. The second-order valence-corrected chi connectivity index (χ2v) is 7.23. The maximum absolute atomic E-state index is 12.8. The highest BCUT2D eigenvalue weighted by Crippen LogP contribution is 2.25. The first-order valence-corrected chi connectivity index (χ1v) is 9.31. The number of cyclic esters (lactones) is 1. The van der Waals surface area contributed by atoms with Gasteiger partial charge in [0, 0.05) is 17.4 Å². The summed E-state index contributed by atoms with van der Waals surface area (Å²) in [6, 6.07) is 10.1. The van der Waals surface area contributed by atoms with Gasteiger partial charge in [-0.2, -0.15) is 11.8 Å². The first-order valence-electron chi connectivity index (χ1n) is 8.16. The molecule has 1 aliphatic rings. The Labute approximate surface area is 142 Å². The van der Waals surface area contributed by atoms with Gasteiger partial charge in [0.1, 0.15) is 6.61 Å². The highest BCUT2D eigenvalue weighted by Gasteiger charge is 2.41. The summed E-state index contributed by atoms with van der Waals surface area (Å²) in [5.41, 5.74) is 1.25. The molecule has 0 N–H and O–H groups in total. The molecule has 0 spiro atoms. The van der Waals surface area contributed by atoms with Crippen molar-refractivity contribution in [1.29, 1.82) is 0 Å². The molecule has 1 fully saturated rings. The predicted molar refractivity (Wildman–Crippen MR) is 93.2 cm³/mol. The molecule has 1 aliphatic heterocycles. The molecule has 0 bridgehead atoms. The van der Waals surface area contributed by atoms with Crippen molar-refractivity contribution < 1.29 is 14.3 Å². The molecule has 1 aromatic rings. The Morgan fingerprint density at radius 3 is 2.65 bits per heavy atom. The van der Waals surface area contributed by atoms with Crippen LogP contribution in [0.2, 0.25) is 0 Å².